The van der Waals surface area contributed by atoms with E-state index in [1.54, 1.807) is 13.0 Å². The van der Waals surface area contributed by atoms with Crippen molar-refractivity contribution in [2.45, 2.75) is 20.4 Å². The largest absolute Gasteiger partial charge is 0.311 e. The summed E-state index contributed by atoms with van der Waals surface area (Å²) >= 11 is 5.71. The van der Waals surface area contributed by atoms with Crippen LogP contribution in [-0.4, -0.2) is 25.6 Å². The van der Waals surface area contributed by atoms with E-state index < -0.39 is 10.8 Å². The summed E-state index contributed by atoms with van der Waals surface area (Å²) in [5, 5.41) is 17.5. The smallest absolute Gasteiger partial charge is 0.299 e. The van der Waals surface area contributed by atoms with E-state index in [9.17, 15) is 14.9 Å². The van der Waals surface area contributed by atoms with Gasteiger partial charge in [0.1, 0.15) is 10.8 Å². The lowest BCUT2D eigenvalue weighted by Crippen LogP contribution is -2.18. The molecule has 110 valence electrons. The average molecular weight is 310 g/mol. The topological polar surface area (TPSA) is 103 Å². The number of halogens is 1. The van der Waals surface area contributed by atoms with E-state index in [0.29, 0.717) is 17.9 Å². The lowest BCUT2D eigenvalue weighted by atomic mass is 10.3. The van der Waals surface area contributed by atoms with Gasteiger partial charge in [-0.1, -0.05) is 11.6 Å². The number of hydrogen-bond acceptors (Lipinski definition) is 5. The summed E-state index contributed by atoms with van der Waals surface area (Å²) in [5.74, 6) is -0.727. The molecule has 21 heavy (non-hydrogen) atoms. The molecule has 2 rings (SSSR count). The van der Waals surface area contributed by atoms with Crippen LogP contribution in [0.1, 0.15) is 23.1 Å². The molecule has 2 aromatic heterocycles. The van der Waals surface area contributed by atoms with Gasteiger partial charge in [-0.15, -0.1) is 0 Å². The average Bonchev–Trinajstić information content (AvgIpc) is 2.79. The molecule has 0 bridgehead atoms. The molecule has 2 heterocycles. The van der Waals surface area contributed by atoms with Crippen molar-refractivity contribution in [2.75, 3.05) is 5.32 Å². The molecule has 0 atom stereocenters. The van der Waals surface area contributed by atoms with E-state index in [0.717, 1.165) is 0 Å². The molecule has 1 N–H and O–H groups in total. The zero-order valence-electron chi connectivity index (χ0n) is 11.3. The molecule has 1 amide bonds. The van der Waals surface area contributed by atoms with Gasteiger partial charge in [-0.25, -0.2) is 4.98 Å². The van der Waals surface area contributed by atoms with Gasteiger partial charge in [0.25, 0.3) is 5.91 Å². The summed E-state index contributed by atoms with van der Waals surface area (Å²) in [6, 6.07) is 4.07. The van der Waals surface area contributed by atoms with Crippen LogP contribution < -0.4 is 5.32 Å². The van der Waals surface area contributed by atoms with Gasteiger partial charge in [0.05, 0.1) is 10.6 Å². The molecular weight excluding hydrogens is 298 g/mol. The first-order valence-corrected chi connectivity index (χ1v) is 6.47. The first kappa shape index (κ1) is 14.9. The number of aryl methyl sites for hydroxylation is 2. The number of rotatable bonds is 4. The Morgan fingerprint density at radius 1 is 1.52 bits per heavy atom. The molecule has 0 saturated carbocycles. The fourth-order valence-electron chi connectivity index (χ4n) is 1.81. The zero-order valence-corrected chi connectivity index (χ0v) is 12.1. The molecule has 8 nitrogen and oxygen atoms in total. The van der Waals surface area contributed by atoms with Gasteiger partial charge < -0.3 is 0 Å². The van der Waals surface area contributed by atoms with Crippen LogP contribution in [0.25, 0.3) is 0 Å². The van der Waals surface area contributed by atoms with Crippen LogP contribution in [0, 0.1) is 17.0 Å². The van der Waals surface area contributed by atoms with Crippen molar-refractivity contribution in [1.29, 1.82) is 0 Å². The molecule has 0 aliphatic rings. The van der Waals surface area contributed by atoms with Crippen molar-refractivity contribution in [3.8, 4) is 0 Å². The predicted molar refractivity (Wildman–Crippen MR) is 76.5 cm³/mol. The van der Waals surface area contributed by atoms with E-state index in [2.05, 4.69) is 15.4 Å². The number of carbonyl (C=O) groups excluding carboxylic acids is 1. The molecule has 0 aliphatic carbocycles. The van der Waals surface area contributed by atoms with Crippen molar-refractivity contribution in [1.82, 2.24) is 14.8 Å². The second-order valence-electron chi connectivity index (χ2n) is 4.20. The molecule has 0 aliphatic heterocycles. The minimum atomic E-state index is -0.638. The first-order valence-electron chi connectivity index (χ1n) is 6.09. The molecule has 9 heteroatoms. The highest BCUT2D eigenvalue weighted by molar-refractivity contribution is 6.29. The van der Waals surface area contributed by atoms with Gasteiger partial charge in [0.15, 0.2) is 0 Å². The van der Waals surface area contributed by atoms with E-state index in [4.69, 9.17) is 11.6 Å². The standard InChI is InChI=1S/C12H12ClN5O3/c1-3-17-9(6-7(2)16-17)12(19)15-11-8(18(20)21)4-5-10(13)14-11/h4-6H,3H2,1-2H3,(H,14,15,19). The molecular formula is C12H12ClN5O3. The summed E-state index contributed by atoms with van der Waals surface area (Å²) < 4.78 is 1.50. The second kappa shape index (κ2) is 5.88. The van der Waals surface area contributed by atoms with Crippen molar-refractivity contribution in [3.63, 3.8) is 0 Å². The van der Waals surface area contributed by atoms with Crippen LogP contribution in [0.15, 0.2) is 18.2 Å². The van der Waals surface area contributed by atoms with Crippen LogP contribution in [0.3, 0.4) is 0 Å². The van der Waals surface area contributed by atoms with E-state index in [-0.39, 0.29) is 16.7 Å². The molecule has 0 fully saturated rings. The van der Waals surface area contributed by atoms with Gasteiger partial charge in [-0.05, 0) is 26.0 Å². The summed E-state index contributed by atoms with van der Waals surface area (Å²) in [7, 11) is 0. The summed E-state index contributed by atoms with van der Waals surface area (Å²) in [6.07, 6.45) is 0. The lowest BCUT2D eigenvalue weighted by molar-refractivity contribution is -0.384. The molecule has 0 aromatic carbocycles. The Bertz CT molecular complexity index is 713. The number of nitrogens with one attached hydrogen (secondary N) is 1. The van der Waals surface area contributed by atoms with Gasteiger partial charge in [-0.2, -0.15) is 5.10 Å². The third kappa shape index (κ3) is 3.16. The summed E-state index contributed by atoms with van der Waals surface area (Å²) in [4.78, 5) is 26.3. The minimum absolute atomic E-state index is 0.0519. The van der Waals surface area contributed by atoms with Crippen molar-refractivity contribution in [2.24, 2.45) is 0 Å². The maximum Gasteiger partial charge on any atom is 0.311 e. The number of carbonyl (C=O) groups is 1. The monoisotopic (exact) mass is 309 g/mol. The Morgan fingerprint density at radius 2 is 2.24 bits per heavy atom. The predicted octanol–water partition coefficient (Wildman–Crippen LogP) is 2.42. The maximum absolute atomic E-state index is 12.2. The van der Waals surface area contributed by atoms with Crippen LogP contribution in [0.2, 0.25) is 5.15 Å². The zero-order chi connectivity index (χ0) is 15.6. The quantitative estimate of drug-likeness (QED) is 0.530. The molecule has 0 radical (unpaired) electrons. The fourth-order valence-corrected chi connectivity index (χ4v) is 1.96. The van der Waals surface area contributed by atoms with Crippen LogP contribution in [-0.2, 0) is 6.54 Å². The fraction of sp³-hybridized carbons (Fsp3) is 0.250. The Kier molecular flexibility index (Phi) is 4.18. The number of anilines is 1. The highest BCUT2D eigenvalue weighted by Gasteiger charge is 2.20. The van der Waals surface area contributed by atoms with Gasteiger partial charge >= 0.3 is 5.69 Å². The number of nitrogens with zero attached hydrogens (tertiary/aromatic N) is 4. The number of hydrogen-bond donors (Lipinski definition) is 1. The Balaban J connectivity index is 2.35. The molecule has 2 aromatic rings. The van der Waals surface area contributed by atoms with Crippen molar-refractivity contribution < 1.29 is 9.72 Å². The number of nitro groups is 1. The van der Waals surface area contributed by atoms with E-state index in [1.807, 2.05) is 6.92 Å². The van der Waals surface area contributed by atoms with Crippen LogP contribution in [0.5, 0.6) is 0 Å². The number of pyridine rings is 1. The Labute approximate surface area is 124 Å². The maximum atomic E-state index is 12.2. The number of amides is 1. The first-order chi connectivity index (χ1) is 9.92. The lowest BCUT2D eigenvalue weighted by Gasteiger charge is -2.06. The number of aromatic nitrogens is 3. The van der Waals surface area contributed by atoms with E-state index in [1.165, 1.54) is 16.8 Å². The summed E-state index contributed by atoms with van der Waals surface area (Å²) in [6.45, 7) is 4.09. The van der Waals surface area contributed by atoms with Crippen LogP contribution in [0.4, 0.5) is 11.5 Å². The minimum Gasteiger partial charge on any atom is -0.299 e. The van der Waals surface area contributed by atoms with Crippen molar-refractivity contribution in [3.05, 3.63) is 44.9 Å². The Hall–Kier alpha value is -2.48. The van der Waals surface area contributed by atoms with Crippen molar-refractivity contribution >= 4 is 29.0 Å². The molecule has 0 spiro atoms. The summed E-state index contributed by atoms with van der Waals surface area (Å²) in [5.41, 5.74) is 0.647. The van der Waals surface area contributed by atoms with E-state index >= 15 is 0 Å². The van der Waals surface area contributed by atoms with Gasteiger partial charge in [-0.3, -0.25) is 24.9 Å². The molecule has 0 unspecified atom stereocenters. The highest BCUT2D eigenvalue weighted by atomic mass is 35.5. The van der Waals surface area contributed by atoms with Gasteiger partial charge in [0, 0.05) is 12.6 Å². The van der Waals surface area contributed by atoms with Crippen LogP contribution >= 0.6 is 11.6 Å². The molecule has 0 saturated heterocycles. The Morgan fingerprint density at radius 3 is 2.86 bits per heavy atom. The normalized spacial score (nSPS) is 10.4. The third-order valence-electron chi connectivity index (χ3n) is 2.70. The highest BCUT2D eigenvalue weighted by Crippen LogP contribution is 2.24. The second-order valence-corrected chi connectivity index (χ2v) is 4.59. The van der Waals surface area contributed by atoms with Gasteiger partial charge in [0.2, 0.25) is 5.82 Å². The SMILES string of the molecule is CCn1nc(C)cc1C(=O)Nc1nc(Cl)ccc1[N+](=O)[O-]. The third-order valence-corrected chi connectivity index (χ3v) is 2.91.